The number of aliphatic carboxylic acids is 1. The lowest BCUT2D eigenvalue weighted by Gasteiger charge is -2.26. The SMILES string of the molecule is CC[C@H](C)[C@H](NC(=O)CCCCCCCCCCCCCCC(=O)N[C@@H](CC(N)=O)C(=O)N[C@@H](Cc1ccc(O)cc1)C(=O)O)C(=O)N[C@@H](Cc1ccccc1)C(N)=O. The summed E-state index contributed by atoms with van der Waals surface area (Å²) in [5.74, 6) is -4.69. The van der Waals surface area contributed by atoms with Gasteiger partial charge in [0.1, 0.15) is 29.9 Å². The van der Waals surface area contributed by atoms with Gasteiger partial charge in [0, 0.05) is 25.7 Å². The quantitative estimate of drug-likeness (QED) is 0.0509. The molecule has 326 valence electrons. The van der Waals surface area contributed by atoms with Gasteiger partial charge in [-0.15, -0.1) is 0 Å². The number of primary amides is 2. The molecule has 0 aliphatic carbocycles. The molecule has 15 heteroatoms. The summed E-state index contributed by atoms with van der Waals surface area (Å²) < 4.78 is 0. The second-order valence-corrected chi connectivity index (χ2v) is 15.4. The Morgan fingerprint density at radius 1 is 0.576 bits per heavy atom. The molecular formula is C44H66N6O9. The smallest absolute Gasteiger partial charge is 0.326 e. The van der Waals surface area contributed by atoms with E-state index in [1.165, 1.54) is 24.3 Å². The number of phenolic OH excluding ortho intramolecular Hbond substituents is 1. The second-order valence-electron chi connectivity index (χ2n) is 15.4. The number of amides is 6. The Labute approximate surface area is 348 Å². The molecule has 0 saturated heterocycles. The van der Waals surface area contributed by atoms with Crippen LogP contribution in [0.2, 0.25) is 0 Å². The van der Waals surface area contributed by atoms with Crippen LogP contribution < -0.4 is 32.7 Å². The predicted octanol–water partition coefficient (Wildman–Crippen LogP) is 4.07. The third-order valence-corrected chi connectivity index (χ3v) is 10.4. The van der Waals surface area contributed by atoms with Crippen molar-refractivity contribution in [3.8, 4) is 5.75 Å². The highest BCUT2D eigenvalue weighted by atomic mass is 16.4. The summed E-state index contributed by atoms with van der Waals surface area (Å²) in [4.78, 5) is 86.9. The number of aromatic hydroxyl groups is 1. The summed E-state index contributed by atoms with van der Waals surface area (Å²) in [6.07, 6.45) is 12.5. The maximum atomic E-state index is 13.2. The van der Waals surface area contributed by atoms with Gasteiger partial charge in [-0.2, -0.15) is 0 Å². The average molecular weight is 823 g/mol. The highest BCUT2D eigenvalue weighted by Gasteiger charge is 2.30. The number of carboxylic acids is 1. The number of rotatable bonds is 31. The molecule has 2 aromatic carbocycles. The Bertz CT molecular complexity index is 1620. The van der Waals surface area contributed by atoms with Crippen molar-refractivity contribution in [2.45, 2.75) is 154 Å². The molecule has 5 atom stereocenters. The molecule has 0 aliphatic heterocycles. The molecule has 0 heterocycles. The number of nitrogens with two attached hydrogens (primary N) is 2. The zero-order valence-corrected chi connectivity index (χ0v) is 34.7. The third-order valence-electron chi connectivity index (χ3n) is 10.4. The number of carboxylic acid groups (broad SMARTS) is 1. The van der Waals surface area contributed by atoms with Crippen molar-refractivity contribution in [3.05, 3.63) is 65.7 Å². The lowest BCUT2D eigenvalue weighted by Crippen LogP contribution is -2.55. The van der Waals surface area contributed by atoms with Gasteiger partial charge < -0.3 is 42.9 Å². The normalized spacial score (nSPS) is 13.5. The van der Waals surface area contributed by atoms with E-state index < -0.39 is 66.1 Å². The summed E-state index contributed by atoms with van der Waals surface area (Å²) in [5.41, 5.74) is 12.3. The van der Waals surface area contributed by atoms with Crippen LogP contribution in [0.5, 0.6) is 5.75 Å². The minimum atomic E-state index is -1.32. The maximum absolute atomic E-state index is 13.2. The van der Waals surface area contributed by atoms with E-state index in [0.717, 1.165) is 76.2 Å². The first-order valence-corrected chi connectivity index (χ1v) is 21.0. The number of phenols is 1. The average Bonchev–Trinajstić information content (AvgIpc) is 3.19. The number of nitrogens with one attached hydrogen (secondary N) is 4. The summed E-state index contributed by atoms with van der Waals surface area (Å²) in [6, 6.07) is 10.9. The molecule has 2 aromatic rings. The fourth-order valence-electron chi connectivity index (χ4n) is 6.64. The monoisotopic (exact) mass is 822 g/mol. The van der Waals surface area contributed by atoms with Crippen molar-refractivity contribution in [3.63, 3.8) is 0 Å². The lowest BCUT2D eigenvalue weighted by molar-refractivity contribution is -0.142. The number of carbonyl (C=O) groups is 7. The Hall–Kier alpha value is -5.47. The van der Waals surface area contributed by atoms with Gasteiger partial charge in [-0.3, -0.25) is 28.8 Å². The van der Waals surface area contributed by atoms with Crippen molar-refractivity contribution in [2.75, 3.05) is 0 Å². The number of benzene rings is 2. The van der Waals surface area contributed by atoms with Crippen LogP contribution >= 0.6 is 0 Å². The van der Waals surface area contributed by atoms with Crippen LogP contribution in [0.25, 0.3) is 0 Å². The van der Waals surface area contributed by atoms with Crippen LogP contribution in [-0.2, 0) is 46.4 Å². The fourth-order valence-corrected chi connectivity index (χ4v) is 6.64. The van der Waals surface area contributed by atoms with Crippen molar-refractivity contribution in [2.24, 2.45) is 17.4 Å². The first-order chi connectivity index (χ1) is 28.2. The molecule has 0 bridgehead atoms. The predicted molar refractivity (Wildman–Crippen MR) is 224 cm³/mol. The first kappa shape index (κ1) is 49.7. The standard InChI is InChI=1S/C44H66N6O9/c1-3-30(2)40(43(57)48-34(41(46)55)27-31-19-15-14-16-20-31)50-39(54)22-18-13-11-9-7-5-4-6-8-10-12-17-21-38(53)47-35(29-37(45)52)42(56)49-36(44(58)59)28-32-23-25-33(51)26-24-32/h14-16,19-20,23-26,30,34-36,40,51H,3-13,17-18,21-22,27-29H2,1-2H3,(H2,45,52)(H2,46,55)(H,47,53)(H,48,57)(H,49,56)(H,50,54)(H,58,59)/t30-,34-,35-,36-,40-/m0/s1. The minimum Gasteiger partial charge on any atom is -0.508 e. The van der Waals surface area contributed by atoms with Crippen LogP contribution in [0, 0.1) is 5.92 Å². The first-order valence-electron chi connectivity index (χ1n) is 21.0. The van der Waals surface area contributed by atoms with Crippen molar-refractivity contribution in [1.82, 2.24) is 21.3 Å². The topological polar surface area (TPSA) is 260 Å². The molecule has 0 unspecified atom stereocenters. The molecule has 0 aliphatic rings. The van der Waals surface area contributed by atoms with E-state index in [-0.39, 0.29) is 36.8 Å². The Balaban J connectivity index is 1.57. The van der Waals surface area contributed by atoms with Crippen LogP contribution in [0.15, 0.2) is 54.6 Å². The Morgan fingerprint density at radius 2 is 1.03 bits per heavy atom. The van der Waals surface area contributed by atoms with Crippen LogP contribution in [-0.4, -0.2) is 75.8 Å². The largest absolute Gasteiger partial charge is 0.508 e. The summed E-state index contributed by atoms with van der Waals surface area (Å²) >= 11 is 0. The lowest BCUT2D eigenvalue weighted by atomic mass is 9.97. The van der Waals surface area contributed by atoms with Gasteiger partial charge >= 0.3 is 5.97 Å². The van der Waals surface area contributed by atoms with Crippen molar-refractivity contribution >= 4 is 41.4 Å². The number of hydrogen-bond donors (Lipinski definition) is 8. The molecular weight excluding hydrogens is 757 g/mol. The molecule has 0 saturated carbocycles. The maximum Gasteiger partial charge on any atom is 0.326 e. The molecule has 0 spiro atoms. The van der Waals surface area contributed by atoms with Crippen LogP contribution in [0.4, 0.5) is 0 Å². The van der Waals surface area contributed by atoms with Gasteiger partial charge in [0.2, 0.25) is 35.4 Å². The zero-order chi connectivity index (χ0) is 43.6. The molecule has 15 nitrogen and oxygen atoms in total. The van der Waals surface area contributed by atoms with E-state index in [2.05, 4.69) is 21.3 Å². The van der Waals surface area contributed by atoms with Crippen molar-refractivity contribution in [1.29, 1.82) is 0 Å². The molecule has 10 N–H and O–H groups in total. The molecule has 0 aromatic heterocycles. The number of hydrogen-bond acceptors (Lipinski definition) is 8. The van der Waals surface area contributed by atoms with E-state index in [9.17, 15) is 43.8 Å². The van der Waals surface area contributed by atoms with Gasteiger partial charge in [-0.1, -0.05) is 127 Å². The summed E-state index contributed by atoms with van der Waals surface area (Å²) in [7, 11) is 0. The highest BCUT2D eigenvalue weighted by Crippen LogP contribution is 2.15. The van der Waals surface area contributed by atoms with E-state index in [4.69, 9.17) is 11.5 Å². The molecule has 6 amide bonds. The highest BCUT2D eigenvalue weighted by molar-refractivity contribution is 5.94. The van der Waals surface area contributed by atoms with Gasteiger partial charge in [0.25, 0.3) is 0 Å². The Morgan fingerprint density at radius 3 is 1.51 bits per heavy atom. The second kappa shape index (κ2) is 28.0. The van der Waals surface area contributed by atoms with Gasteiger partial charge in [-0.05, 0) is 42.0 Å². The Kier molecular flexibility index (Phi) is 23.6. The zero-order valence-electron chi connectivity index (χ0n) is 34.7. The van der Waals surface area contributed by atoms with Gasteiger partial charge in [0.15, 0.2) is 0 Å². The molecule has 0 fully saturated rings. The van der Waals surface area contributed by atoms with Crippen molar-refractivity contribution < 1.29 is 43.8 Å². The number of carbonyl (C=O) groups excluding carboxylic acids is 6. The van der Waals surface area contributed by atoms with Crippen LogP contribution in [0.3, 0.4) is 0 Å². The number of unbranched alkanes of at least 4 members (excludes halogenated alkanes) is 11. The van der Waals surface area contributed by atoms with E-state index in [1.54, 1.807) is 0 Å². The van der Waals surface area contributed by atoms with Crippen LogP contribution in [0.1, 0.15) is 128 Å². The molecule has 0 radical (unpaired) electrons. The molecule has 2 rings (SSSR count). The van der Waals surface area contributed by atoms with Gasteiger partial charge in [-0.25, -0.2) is 4.79 Å². The summed E-state index contributed by atoms with van der Waals surface area (Å²) in [6.45, 7) is 3.84. The fraction of sp³-hybridized carbons (Fsp3) is 0.568. The van der Waals surface area contributed by atoms with E-state index in [0.29, 0.717) is 24.8 Å². The van der Waals surface area contributed by atoms with E-state index >= 15 is 0 Å². The molecule has 59 heavy (non-hydrogen) atoms. The van der Waals surface area contributed by atoms with E-state index in [1.807, 2.05) is 44.2 Å². The minimum absolute atomic E-state index is 0.0168. The van der Waals surface area contributed by atoms with Gasteiger partial charge in [0.05, 0.1) is 6.42 Å². The summed E-state index contributed by atoms with van der Waals surface area (Å²) in [5, 5.41) is 29.6. The third kappa shape index (κ3) is 21.2.